The molecule has 1 saturated heterocycles. The van der Waals surface area contributed by atoms with Gasteiger partial charge in [-0.25, -0.2) is 12.8 Å². The molecule has 7 heteroatoms. The van der Waals surface area contributed by atoms with E-state index in [0.717, 1.165) is 18.6 Å². The lowest BCUT2D eigenvalue weighted by molar-refractivity contribution is -0.0653. The maximum atomic E-state index is 13.0. The molecule has 19 heavy (non-hydrogen) atoms. The summed E-state index contributed by atoms with van der Waals surface area (Å²) in [7, 11) is -3.68. The van der Waals surface area contributed by atoms with Gasteiger partial charge < -0.3 is 5.11 Å². The molecule has 0 aliphatic carbocycles. The summed E-state index contributed by atoms with van der Waals surface area (Å²) < 4.78 is 39.0. The van der Waals surface area contributed by atoms with Crippen LogP contribution in [0.25, 0.3) is 0 Å². The fourth-order valence-electron chi connectivity index (χ4n) is 2.23. The van der Waals surface area contributed by atoms with Gasteiger partial charge in [0.2, 0.25) is 10.0 Å². The van der Waals surface area contributed by atoms with Gasteiger partial charge in [0.15, 0.2) is 0 Å². The molecule has 1 N–H and O–H groups in total. The van der Waals surface area contributed by atoms with Crippen molar-refractivity contribution in [2.24, 2.45) is 0 Å². The molecule has 1 fully saturated rings. The van der Waals surface area contributed by atoms with Crippen molar-refractivity contribution in [3.05, 3.63) is 28.5 Å². The average Bonchev–Trinajstić information content (AvgIpc) is 2.25. The lowest BCUT2D eigenvalue weighted by Crippen LogP contribution is -2.63. The van der Waals surface area contributed by atoms with Gasteiger partial charge in [-0.05, 0) is 40.5 Å². The summed E-state index contributed by atoms with van der Waals surface area (Å²) in [4.78, 5) is 0.0208. The highest BCUT2D eigenvalue weighted by Crippen LogP contribution is 2.33. The van der Waals surface area contributed by atoms with E-state index in [9.17, 15) is 17.9 Å². The van der Waals surface area contributed by atoms with Gasteiger partial charge in [-0.2, -0.15) is 4.31 Å². The van der Waals surface area contributed by atoms with Crippen LogP contribution in [0.5, 0.6) is 0 Å². The predicted molar refractivity (Wildman–Crippen MR) is 72.7 cm³/mol. The van der Waals surface area contributed by atoms with Crippen LogP contribution in [0.3, 0.4) is 0 Å². The number of β-amino-alcohol motifs (C(OH)–C–C–N with tert-alkyl or cyclic N) is 1. The van der Waals surface area contributed by atoms with E-state index in [2.05, 4.69) is 15.9 Å². The first-order chi connectivity index (χ1) is 8.78. The topological polar surface area (TPSA) is 57.6 Å². The number of halogens is 2. The van der Waals surface area contributed by atoms with Gasteiger partial charge in [0, 0.05) is 17.6 Å². The third-order valence-corrected chi connectivity index (χ3v) is 5.94. The van der Waals surface area contributed by atoms with Crippen molar-refractivity contribution in [2.75, 3.05) is 13.1 Å². The first kappa shape index (κ1) is 14.9. The molecule has 0 saturated carbocycles. The van der Waals surface area contributed by atoms with Crippen molar-refractivity contribution in [3.8, 4) is 0 Å². The Balaban J connectivity index is 2.21. The maximum absolute atomic E-state index is 13.0. The van der Waals surface area contributed by atoms with Crippen molar-refractivity contribution in [2.45, 2.75) is 30.3 Å². The van der Waals surface area contributed by atoms with Crippen LogP contribution < -0.4 is 0 Å². The Labute approximate surface area is 120 Å². The molecule has 1 aromatic carbocycles. The Kier molecular flexibility index (Phi) is 4.02. The van der Waals surface area contributed by atoms with Crippen LogP contribution >= 0.6 is 15.9 Å². The monoisotopic (exact) mass is 351 g/mol. The van der Waals surface area contributed by atoms with E-state index in [1.807, 2.05) is 6.92 Å². The van der Waals surface area contributed by atoms with Crippen molar-refractivity contribution in [3.63, 3.8) is 0 Å². The molecule has 2 rings (SSSR count). The van der Waals surface area contributed by atoms with Crippen LogP contribution in [-0.4, -0.2) is 36.5 Å². The molecular weight excluding hydrogens is 337 g/mol. The van der Waals surface area contributed by atoms with Crippen LogP contribution in [0.1, 0.15) is 19.8 Å². The first-order valence-electron chi connectivity index (χ1n) is 5.96. The van der Waals surface area contributed by atoms with Gasteiger partial charge in [0.1, 0.15) is 5.82 Å². The number of hydrogen-bond donors (Lipinski definition) is 1. The van der Waals surface area contributed by atoms with Gasteiger partial charge in [-0.1, -0.05) is 13.3 Å². The highest BCUT2D eigenvalue weighted by atomic mass is 79.9. The van der Waals surface area contributed by atoms with E-state index in [0.29, 0.717) is 6.42 Å². The molecule has 1 aliphatic heterocycles. The molecule has 106 valence electrons. The highest BCUT2D eigenvalue weighted by molar-refractivity contribution is 9.10. The first-order valence-corrected chi connectivity index (χ1v) is 8.19. The van der Waals surface area contributed by atoms with E-state index in [1.54, 1.807) is 0 Å². The lowest BCUT2D eigenvalue weighted by atomic mass is 9.92. The quantitative estimate of drug-likeness (QED) is 0.903. The molecule has 1 heterocycles. The van der Waals surface area contributed by atoms with Gasteiger partial charge in [0.25, 0.3) is 0 Å². The average molecular weight is 352 g/mol. The predicted octanol–water partition coefficient (Wildman–Crippen LogP) is 2.12. The Morgan fingerprint density at radius 2 is 2.11 bits per heavy atom. The normalized spacial score (nSPS) is 19.2. The number of aliphatic hydroxyl groups is 1. The Morgan fingerprint density at radius 1 is 1.47 bits per heavy atom. The fourth-order valence-corrected chi connectivity index (χ4v) is 4.84. The zero-order valence-corrected chi connectivity index (χ0v) is 12.8. The van der Waals surface area contributed by atoms with Crippen molar-refractivity contribution < 1.29 is 17.9 Å². The number of rotatable bonds is 4. The van der Waals surface area contributed by atoms with Gasteiger partial charge in [-0.3, -0.25) is 0 Å². The molecule has 0 atom stereocenters. The molecule has 1 aromatic rings. The van der Waals surface area contributed by atoms with Crippen LogP contribution in [-0.2, 0) is 10.0 Å². The maximum Gasteiger partial charge on any atom is 0.244 e. The van der Waals surface area contributed by atoms with E-state index in [1.165, 1.54) is 10.4 Å². The summed E-state index contributed by atoms with van der Waals surface area (Å²) in [6.07, 6.45) is 1.37. The summed E-state index contributed by atoms with van der Waals surface area (Å²) in [5.41, 5.74) is -0.922. The minimum absolute atomic E-state index is 0.0208. The van der Waals surface area contributed by atoms with Gasteiger partial charge in [-0.15, -0.1) is 0 Å². The van der Waals surface area contributed by atoms with Crippen LogP contribution in [0.15, 0.2) is 27.6 Å². The molecule has 0 aromatic heterocycles. The number of benzene rings is 1. The fraction of sp³-hybridized carbons (Fsp3) is 0.500. The summed E-state index contributed by atoms with van der Waals surface area (Å²) >= 11 is 3.06. The third kappa shape index (κ3) is 2.84. The summed E-state index contributed by atoms with van der Waals surface area (Å²) in [6, 6.07) is 3.45. The highest BCUT2D eigenvalue weighted by Gasteiger charge is 2.46. The molecule has 0 radical (unpaired) electrons. The van der Waals surface area contributed by atoms with Crippen LogP contribution in [0.2, 0.25) is 0 Å². The van der Waals surface area contributed by atoms with Crippen LogP contribution in [0, 0.1) is 5.82 Å². The lowest BCUT2D eigenvalue weighted by Gasteiger charge is -2.45. The summed E-state index contributed by atoms with van der Waals surface area (Å²) in [5.74, 6) is -0.503. The molecule has 0 spiro atoms. The SMILES string of the molecule is CCCC1(O)CN(S(=O)(=O)c2ccc(F)cc2Br)C1. The summed E-state index contributed by atoms with van der Waals surface area (Å²) in [6.45, 7) is 2.12. The Hall–Kier alpha value is -0.500. The standard InChI is InChI=1S/C12H15BrFNO3S/c1-2-5-12(16)7-15(8-12)19(17,18)11-4-3-9(14)6-10(11)13/h3-4,6,16H,2,5,7-8H2,1H3. The number of nitrogens with zero attached hydrogens (tertiary/aromatic N) is 1. The largest absolute Gasteiger partial charge is 0.387 e. The third-order valence-electron chi connectivity index (χ3n) is 3.17. The minimum Gasteiger partial charge on any atom is -0.387 e. The summed E-state index contributed by atoms with van der Waals surface area (Å²) in [5, 5.41) is 10.0. The molecule has 4 nitrogen and oxygen atoms in total. The molecule has 0 unspecified atom stereocenters. The molecular formula is C12H15BrFNO3S. The van der Waals surface area contributed by atoms with E-state index in [4.69, 9.17) is 0 Å². The van der Waals surface area contributed by atoms with Crippen LogP contribution in [0.4, 0.5) is 4.39 Å². The van der Waals surface area contributed by atoms with Crippen molar-refractivity contribution >= 4 is 26.0 Å². The Bertz CT molecular complexity index is 585. The van der Waals surface area contributed by atoms with Crippen molar-refractivity contribution in [1.29, 1.82) is 0 Å². The molecule has 1 aliphatic rings. The second-order valence-corrected chi connectivity index (χ2v) is 7.58. The van der Waals surface area contributed by atoms with Gasteiger partial charge in [0.05, 0.1) is 10.5 Å². The minimum atomic E-state index is -3.68. The number of hydrogen-bond acceptors (Lipinski definition) is 3. The Morgan fingerprint density at radius 3 is 2.63 bits per heavy atom. The van der Waals surface area contributed by atoms with E-state index < -0.39 is 21.4 Å². The van der Waals surface area contributed by atoms with E-state index in [-0.39, 0.29) is 22.5 Å². The molecule has 0 amide bonds. The zero-order chi connectivity index (χ0) is 14.3. The van der Waals surface area contributed by atoms with Gasteiger partial charge >= 0.3 is 0 Å². The molecule has 0 bridgehead atoms. The second-order valence-electron chi connectivity index (χ2n) is 4.82. The number of sulfonamides is 1. The second kappa shape index (κ2) is 5.12. The van der Waals surface area contributed by atoms with Crippen molar-refractivity contribution in [1.82, 2.24) is 4.31 Å². The van der Waals surface area contributed by atoms with E-state index >= 15 is 0 Å². The zero-order valence-electron chi connectivity index (χ0n) is 10.4. The smallest absolute Gasteiger partial charge is 0.244 e.